The van der Waals surface area contributed by atoms with Crippen LogP contribution in [0.15, 0.2) is 24.3 Å². The average molecular weight is 218 g/mol. The molecule has 0 fully saturated rings. The van der Waals surface area contributed by atoms with Gasteiger partial charge in [-0.3, -0.25) is 0 Å². The Morgan fingerprint density at radius 1 is 1.19 bits per heavy atom. The van der Waals surface area contributed by atoms with Gasteiger partial charge in [-0.2, -0.15) is 0 Å². The summed E-state index contributed by atoms with van der Waals surface area (Å²) in [6.07, 6.45) is 0.915. The van der Waals surface area contributed by atoms with Crippen LogP contribution in [0.1, 0.15) is 57.2 Å². The smallest absolute Gasteiger partial charge is 0.0209 e. The van der Waals surface area contributed by atoms with Crippen LogP contribution in [0, 0.1) is 5.21 Å². The Morgan fingerprint density at radius 2 is 1.75 bits per heavy atom. The molecular formula is C14H20NO-. The van der Waals surface area contributed by atoms with E-state index in [0.717, 1.165) is 6.42 Å². The first kappa shape index (κ1) is 11.6. The quantitative estimate of drug-likeness (QED) is 0.661. The molecule has 2 heteroatoms. The summed E-state index contributed by atoms with van der Waals surface area (Å²) in [5.41, 5.74) is 2.25. The number of rotatable bonds is 0. The second-order valence-electron chi connectivity index (χ2n) is 5.55. The molecular weight excluding hydrogens is 198 g/mol. The molecule has 2 atom stereocenters. The highest BCUT2D eigenvalue weighted by atomic mass is 16.5. The van der Waals surface area contributed by atoms with Crippen molar-refractivity contribution in [2.24, 2.45) is 0 Å². The highest BCUT2D eigenvalue weighted by Crippen LogP contribution is 2.41. The number of hydrogen-bond donors (Lipinski definition) is 0. The van der Waals surface area contributed by atoms with Crippen LogP contribution in [0.25, 0.3) is 0 Å². The van der Waals surface area contributed by atoms with Gasteiger partial charge in [-0.25, -0.2) is 0 Å². The number of nitrogens with zero attached hydrogens (tertiary/aromatic N) is 1. The first-order valence-corrected chi connectivity index (χ1v) is 5.99. The van der Waals surface area contributed by atoms with Crippen molar-refractivity contribution in [2.75, 3.05) is 0 Å². The van der Waals surface area contributed by atoms with Crippen molar-refractivity contribution in [1.29, 1.82) is 0 Å². The molecule has 0 aliphatic carbocycles. The van der Waals surface area contributed by atoms with Gasteiger partial charge in [0.15, 0.2) is 0 Å². The van der Waals surface area contributed by atoms with Gasteiger partial charge >= 0.3 is 0 Å². The largest absolute Gasteiger partial charge is 0.784 e. The normalized spacial score (nSPS) is 29.6. The molecule has 1 aliphatic rings. The molecule has 0 N–H and O–H groups in total. The zero-order chi connectivity index (χ0) is 11.9. The fraction of sp³-hybridized carbons (Fsp3) is 0.571. The van der Waals surface area contributed by atoms with Gasteiger partial charge in [0.05, 0.1) is 0 Å². The lowest BCUT2D eigenvalue weighted by Crippen LogP contribution is -2.40. The zero-order valence-corrected chi connectivity index (χ0v) is 10.5. The highest BCUT2D eigenvalue weighted by molar-refractivity contribution is 5.34. The van der Waals surface area contributed by atoms with Crippen molar-refractivity contribution in [3.05, 3.63) is 40.6 Å². The Hall–Kier alpha value is -0.860. The molecule has 1 aromatic rings. The minimum absolute atomic E-state index is 0.0452. The SMILES string of the molecule is CC1CC(C)(C)N([O-])C(C)c2ccccc21. The molecule has 0 spiro atoms. The lowest BCUT2D eigenvalue weighted by Gasteiger charge is -2.47. The number of fused-ring (bicyclic) bond motifs is 1. The fourth-order valence-corrected chi connectivity index (χ4v) is 2.94. The van der Waals surface area contributed by atoms with Gasteiger partial charge in [0, 0.05) is 11.6 Å². The third-order valence-corrected chi connectivity index (χ3v) is 3.73. The Morgan fingerprint density at radius 3 is 2.38 bits per heavy atom. The molecule has 2 unspecified atom stereocenters. The molecule has 1 aliphatic heterocycles. The van der Waals surface area contributed by atoms with E-state index in [0.29, 0.717) is 5.92 Å². The van der Waals surface area contributed by atoms with E-state index < -0.39 is 0 Å². The molecule has 1 aromatic carbocycles. The topological polar surface area (TPSA) is 26.3 Å². The molecule has 0 aromatic heterocycles. The predicted octanol–water partition coefficient (Wildman–Crippen LogP) is 3.83. The minimum atomic E-state index is -0.280. The summed E-state index contributed by atoms with van der Waals surface area (Å²) < 4.78 is 0. The van der Waals surface area contributed by atoms with E-state index in [9.17, 15) is 5.21 Å². The number of hydroxylamine groups is 2. The van der Waals surface area contributed by atoms with Gasteiger partial charge < -0.3 is 10.3 Å². The maximum atomic E-state index is 12.3. The third kappa shape index (κ3) is 1.76. The Labute approximate surface area is 97.9 Å². The first-order valence-electron chi connectivity index (χ1n) is 5.99. The van der Waals surface area contributed by atoms with E-state index in [2.05, 4.69) is 25.1 Å². The van der Waals surface area contributed by atoms with Crippen molar-refractivity contribution in [3.63, 3.8) is 0 Å². The van der Waals surface area contributed by atoms with Gasteiger partial charge in [0.1, 0.15) is 0 Å². The average Bonchev–Trinajstić information content (AvgIpc) is 2.31. The van der Waals surface area contributed by atoms with Crippen LogP contribution in [-0.2, 0) is 0 Å². The zero-order valence-electron chi connectivity index (χ0n) is 10.5. The molecule has 0 amide bonds. The van der Waals surface area contributed by atoms with E-state index in [4.69, 9.17) is 0 Å². The molecule has 88 valence electrons. The van der Waals surface area contributed by atoms with Crippen molar-refractivity contribution in [2.45, 2.75) is 51.6 Å². The lowest BCUT2D eigenvalue weighted by atomic mass is 9.87. The van der Waals surface area contributed by atoms with Crippen LogP contribution < -0.4 is 0 Å². The summed E-state index contributed by atoms with van der Waals surface area (Å²) in [7, 11) is 0. The number of benzene rings is 1. The molecule has 0 saturated carbocycles. The summed E-state index contributed by atoms with van der Waals surface area (Å²) in [6, 6.07) is 8.29. The maximum Gasteiger partial charge on any atom is 0.0209 e. The van der Waals surface area contributed by atoms with Crippen molar-refractivity contribution in [1.82, 2.24) is 5.06 Å². The van der Waals surface area contributed by atoms with E-state index in [1.165, 1.54) is 16.2 Å². The van der Waals surface area contributed by atoms with Crippen LogP contribution in [0.5, 0.6) is 0 Å². The summed E-state index contributed by atoms with van der Waals surface area (Å²) in [4.78, 5) is 0. The van der Waals surface area contributed by atoms with Crippen LogP contribution in [-0.4, -0.2) is 10.6 Å². The monoisotopic (exact) mass is 218 g/mol. The summed E-state index contributed by atoms with van der Waals surface area (Å²) >= 11 is 0. The molecule has 0 saturated heterocycles. The van der Waals surface area contributed by atoms with Gasteiger partial charge in [-0.1, -0.05) is 31.2 Å². The maximum absolute atomic E-state index is 12.3. The predicted molar refractivity (Wildman–Crippen MR) is 67.2 cm³/mol. The van der Waals surface area contributed by atoms with Crippen LogP contribution in [0.3, 0.4) is 0 Å². The van der Waals surface area contributed by atoms with E-state index in [1.807, 2.05) is 26.8 Å². The van der Waals surface area contributed by atoms with Crippen molar-refractivity contribution >= 4 is 0 Å². The van der Waals surface area contributed by atoms with E-state index >= 15 is 0 Å². The van der Waals surface area contributed by atoms with Crippen LogP contribution >= 0.6 is 0 Å². The molecule has 2 nitrogen and oxygen atoms in total. The van der Waals surface area contributed by atoms with Gasteiger partial charge in [-0.15, -0.1) is 0 Å². The van der Waals surface area contributed by atoms with E-state index in [1.54, 1.807) is 0 Å². The van der Waals surface area contributed by atoms with Gasteiger partial charge in [-0.05, 0) is 44.2 Å². The first-order chi connectivity index (χ1) is 7.43. The summed E-state index contributed by atoms with van der Waals surface area (Å²) in [6.45, 7) is 8.30. The second kappa shape index (κ2) is 3.86. The molecule has 0 radical (unpaired) electrons. The summed E-state index contributed by atoms with van der Waals surface area (Å²) in [5.74, 6) is 0.451. The molecule has 0 bridgehead atoms. The Kier molecular flexibility index (Phi) is 2.81. The van der Waals surface area contributed by atoms with Crippen LogP contribution in [0.2, 0.25) is 0 Å². The van der Waals surface area contributed by atoms with E-state index in [-0.39, 0.29) is 11.6 Å². The molecule has 1 heterocycles. The van der Waals surface area contributed by atoms with Crippen molar-refractivity contribution < 1.29 is 0 Å². The number of hydrogen-bond acceptors (Lipinski definition) is 2. The van der Waals surface area contributed by atoms with Gasteiger partial charge in [0.2, 0.25) is 0 Å². The Balaban J connectivity index is 2.51. The lowest BCUT2D eigenvalue weighted by molar-refractivity contribution is 0.131. The van der Waals surface area contributed by atoms with Gasteiger partial charge in [0.25, 0.3) is 0 Å². The second-order valence-corrected chi connectivity index (χ2v) is 5.55. The van der Waals surface area contributed by atoms with Crippen LogP contribution in [0.4, 0.5) is 0 Å². The van der Waals surface area contributed by atoms with Crippen molar-refractivity contribution in [3.8, 4) is 0 Å². The summed E-state index contributed by atoms with van der Waals surface area (Å²) in [5, 5.41) is 13.6. The minimum Gasteiger partial charge on any atom is -0.784 e. The fourth-order valence-electron chi connectivity index (χ4n) is 2.94. The molecule has 16 heavy (non-hydrogen) atoms. The third-order valence-electron chi connectivity index (χ3n) is 3.73. The highest BCUT2D eigenvalue weighted by Gasteiger charge is 2.32. The Bertz CT molecular complexity index is 386. The molecule has 2 rings (SSSR count). The standard InChI is InChI=1S/C14H20NO/c1-10-9-14(3,4)15(16)11(2)13-8-6-5-7-12(10)13/h5-8,10-11H,9H2,1-4H3/q-1.